The second-order valence-corrected chi connectivity index (χ2v) is 7.34. The van der Waals surface area contributed by atoms with Crippen molar-refractivity contribution in [2.75, 3.05) is 26.2 Å². The highest BCUT2D eigenvalue weighted by atomic mass is 16.5. The SMILES string of the molecule is COC(=O)C1(C(=O)OC)C[C@@H](C)[C@@]2(C)c3ccccc3N(C)[C@@]12C. The van der Waals surface area contributed by atoms with Crippen molar-refractivity contribution in [3.8, 4) is 0 Å². The molecular formula is C19H25NO4. The molecule has 24 heavy (non-hydrogen) atoms. The molecule has 3 rings (SSSR count). The van der Waals surface area contributed by atoms with Crippen LogP contribution in [0.1, 0.15) is 32.8 Å². The van der Waals surface area contributed by atoms with E-state index >= 15 is 0 Å². The Bertz CT molecular complexity index is 699. The summed E-state index contributed by atoms with van der Waals surface area (Å²) in [6.45, 7) is 6.24. The predicted octanol–water partition coefficient (Wildman–Crippen LogP) is 2.53. The Hall–Kier alpha value is -2.04. The lowest BCUT2D eigenvalue weighted by atomic mass is 9.61. The number of esters is 2. The molecule has 0 N–H and O–H groups in total. The van der Waals surface area contributed by atoms with E-state index in [1.807, 2.05) is 32.2 Å². The Morgan fingerprint density at radius 2 is 1.67 bits per heavy atom. The van der Waals surface area contributed by atoms with Crippen LogP contribution in [0.15, 0.2) is 24.3 Å². The van der Waals surface area contributed by atoms with Gasteiger partial charge in [0, 0.05) is 18.2 Å². The average molecular weight is 331 g/mol. The third-order valence-electron chi connectivity index (χ3n) is 7.00. The largest absolute Gasteiger partial charge is 0.468 e. The number of anilines is 1. The number of carbonyl (C=O) groups is 2. The van der Waals surface area contributed by atoms with Crippen LogP contribution in [-0.2, 0) is 24.5 Å². The molecule has 0 saturated heterocycles. The highest BCUT2D eigenvalue weighted by Crippen LogP contribution is 2.69. The van der Waals surface area contributed by atoms with Gasteiger partial charge in [0.2, 0.25) is 0 Å². The summed E-state index contributed by atoms with van der Waals surface area (Å²) < 4.78 is 10.2. The fraction of sp³-hybridized carbons (Fsp3) is 0.579. The first-order chi connectivity index (χ1) is 11.2. The molecule has 5 nitrogen and oxygen atoms in total. The molecule has 130 valence electrons. The third kappa shape index (κ3) is 1.47. The molecule has 1 aliphatic heterocycles. The molecule has 0 radical (unpaired) electrons. The number of benzene rings is 1. The van der Waals surface area contributed by atoms with Gasteiger partial charge >= 0.3 is 11.9 Å². The highest BCUT2D eigenvalue weighted by molar-refractivity contribution is 6.04. The average Bonchev–Trinajstić information content (AvgIpc) is 2.90. The van der Waals surface area contributed by atoms with E-state index in [1.54, 1.807) is 0 Å². The first kappa shape index (κ1) is 16.8. The summed E-state index contributed by atoms with van der Waals surface area (Å²) in [5, 5.41) is 0. The van der Waals surface area contributed by atoms with Crippen molar-refractivity contribution in [2.24, 2.45) is 11.3 Å². The van der Waals surface area contributed by atoms with Crippen LogP contribution in [0.4, 0.5) is 5.69 Å². The summed E-state index contributed by atoms with van der Waals surface area (Å²) >= 11 is 0. The summed E-state index contributed by atoms with van der Waals surface area (Å²) in [6, 6.07) is 8.12. The predicted molar refractivity (Wildman–Crippen MR) is 90.8 cm³/mol. The van der Waals surface area contributed by atoms with E-state index in [4.69, 9.17) is 9.47 Å². The normalized spacial score (nSPS) is 32.9. The third-order valence-corrected chi connectivity index (χ3v) is 7.00. The minimum absolute atomic E-state index is 0.104. The molecule has 0 spiro atoms. The fourth-order valence-corrected chi connectivity index (χ4v) is 5.39. The Labute approximate surface area is 142 Å². The summed E-state index contributed by atoms with van der Waals surface area (Å²) in [4.78, 5) is 27.9. The van der Waals surface area contributed by atoms with Crippen molar-refractivity contribution in [2.45, 2.75) is 38.1 Å². The van der Waals surface area contributed by atoms with Crippen LogP contribution < -0.4 is 4.90 Å². The monoisotopic (exact) mass is 331 g/mol. The molecule has 1 heterocycles. The zero-order valence-corrected chi connectivity index (χ0v) is 15.2. The molecule has 1 fully saturated rings. The topological polar surface area (TPSA) is 55.8 Å². The number of carbonyl (C=O) groups excluding carboxylic acids is 2. The van der Waals surface area contributed by atoms with Gasteiger partial charge in [-0.25, -0.2) is 0 Å². The van der Waals surface area contributed by atoms with Crippen LogP contribution in [0.2, 0.25) is 0 Å². The minimum atomic E-state index is -1.36. The zero-order valence-electron chi connectivity index (χ0n) is 15.2. The maximum absolute atomic E-state index is 12.9. The Morgan fingerprint density at radius 1 is 1.12 bits per heavy atom. The second-order valence-electron chi connectivity index (χ2n) is 7.34. The van der Waals surface area contributed by atoms with Crippen LogP contribution in [0.25, 0.3) is 0 Å². The highest BCUT2D eigenvalue weighted by Gasteiger charge is 2.78. The number of ether oxygens (including phenoxy) is 2. The van der Waals surface area contributed by atoms with Gasteiger partial charge in [0.1, 0.15) is 0 Å². The molecule has 0 unspecified atom stereocenters. The summed E-state index contributed by atoms with van der Waals surface area (Å²) in [6.07, 6.45) is 0.401. The van der Waals surface area contributed by atoms with Gasteiger partial charge in [-0.05, 0) is 30.9 Å². The second kappa shape index (κ2) is 4.98. The lowest BCUT2D eigenvalue weighted by Gasteiger charge is -2.48. The fourth-order valence-electron chi connectivity index (χ4n) is 5.39. The van der Waals surface area contributed by atoms with Gasteiger partial charge in [-0.1, -0.05) is 32.0 Å². The quantitative estimate of drug-likeness (QED) is 0.616. The Balaban J connectivity index is 2.36. The lowest BCUT2D eigenvalue weighted by Crippen LogP contribution is -2.65. The van der Waals surface area contributed by atoms with E-state index in [0.29, 0.717) is 6.42 Å². The molecule has 0 aromatic heterocycles. The van der Waals surface area contributed by atoms with E-state index in [1.165, 1.54) is 14.2 Å². The summed E-state index contributed by atoms with van der Waals surface area (Å²) in [7, 11) is 4.61. The zero-order chi connectivity index (χ0) is 17.9. The molecule has 2 aliphatic rings. The molecule has 1 aromatic carbocycles. The van der Waals surface area contributed by atoms with Crippen molar-refractivity contribution >= 4 is 17.6 Å². The van der Waals surface area contributed by atoms with Gasteiger partial charge in [0.05, 0.1) is 19.8 Å². The van der Waals surface area contributed by atoms with Crippen molar-refractivity contribution in [1.82, 2.24) is 0 Å². The molecule has 0 amide bonds. The Kier molecular flexibility index (Phi) is 3.49. The molecule has 1 saturated carbocycles. The maximum Gasteiger partial charge on any atom is 0.325 e. The number of fused-ring (bicyclic) bond motifs is 3. The first-order valence-corrected chi connectivity index (χ1v) is 8.23. The van der Waals surface area contributed by atoms with Crippen LogP contribution in [0, 0.1) is 11.3 Å². The van der Waals surface area contributed by atoms with E-state index in [2.05, 4.69) is 24.8 Å². The number of rotatable bonds is 2. The van der Waals surface area contributed by atoms with E-state index in [-0.39, 0.29) is 11.3 Å². The van der Waals surface area contributed by atoms with E-state index in [0.717, 1.165) is 11.3 Å². The minimum Gasteiger partial charge on any atom is -0.468 e. The lowest BCUT2D eigenvalue weighted by molar-refractivity contribution is -0.173. The Morgan fingerprint density at radius 3 is 2.21 bits per heavy atom. The smallest absolute Gasteiger partial charge is 0.325 e. The summed E-state index contributed by atoms with van der Waals surface area (Å²) in [5.41, 5.74) is -0.300. The van der Waals surface area contributed by atoms with Gasteiger partial charge in [-0.15, -0.1) is 0 Å². The molecule has 5 heteroatoms. The first-order valence-electron chi connectivity index (χ1n) is 8.23. The molecule has 3 atom stereocenters. The molecule has 0 bridgehead atoms. The van der Waals surface area contributed by atoms with E-state index in [9.17, 15) is 9.59 Å². The van der Waals surface area contributed by atoms with Gasteiger partial charge < -0.3 is 14.4 Å². The maximum atomic E-state index is 12.9. The van der Waals surface area contributed by atoms with Crippen LogP contribution in [-0.4, -0.2) is 38.7 Å². The molecule has 1 aliphatic carbocycles. The van der Waals surface area contributed by atoms with Crippen molar-refractivity contribution < 1.29 is 19.1 Å². The molecular weight excluding hydrogens is 306 g/mol. The van der Waals surface area contributed by atoms with Crippen molar-refractivity contribution in [1.29, 1.82) is 0 Å². The van der Waals surface area contributed by atoms with E-state index < -0.39 is 22.9 Å². The number of nitrogens with zero attached hydrogens (tertiary/aromatic N) is 1. The van der Waals surface area contributed by atoms with Gasteiger partial charge in [-0.3, -0.25) is 9.59 Å². The number of hydrogen-bond donors (Lipinski definition) is 0. The van der Waals surface area contributed by atoms with Gasteiger partial charge in [-0.2, -0.15) is 0 Å². The molecule has 1 aromatic rings. The summed E-state index contributed by atoms with van der Waals surface area (Å²) in [5.74, 6) is -0.939. The number of methoxy groups -OCH3 is 2. The number of hydrogen-bond acceptors (Lipinski definition) is 5. The number of likely N-dealkylation sites (N-methyl/N-ethyl adjacent to an activating group) is 1. The van der Waals surface area contributed by atoms with Crippen LogP contribution in [0.5, 0.6) is 0 Å². The van der Waals surface area contributed by atoms with Crippen molar-refractivity contribution in [3.63, 3.8) is 0 Å². The number of para-hydroxylation sites is 1. The van der Waals surface area contributed by atoms with Crippen LogP contribution >= 0.6 is 0 Å². The van der Waals surface area contributed by atoms with Gasteiger partial charge in [0.25, 0.3) is 0 Å². The van der Waals surface area contributed by atoms with Gasteiger partial charge in [0.15, 0.2) is 5.41 Å². The standard InChI is InChI=1S/C19H25NO4/c1-12-11-19(15(21)23-5,16(22)24-6)18(3)17(12,2)13-9-7-8-10-14(13)20(18)4/h7-10,12H,11H2,1-6H3/t12-,17+,18-/m1/s1. The van der Waals surface area contributed by atoms with Crippen LogP contribution in [0.3, 0.4) is 0 Å². The van der Waals surface area contributed by atoms with Crippen molar-refractivity contribution in [3.05, 3.63) is 29.8 Å².